The van der Waals surface area contributed by atoms with Crippen LogP contribution in [-0.2, 0) is 20.9 Å². The highest BCUT2D eigenvalue weighted by atomic mass is 35.5. The van der Waals surface area contributed by atoms with Gasteiger partial charge in [0, 0.05) is 17.3 Å². The lowest BCUT2D eigenvalue weighted by Crippen LogP contribution is -2.16. The van der Waals surface area contributed by atoms with Crippen LogP contribution in [0.25, 0.3) is 6.08 Å². The molecule has 0 atom stereocenters. The van der Waals surface area contributed by atoms with Gasteiger partial charge in [-0.2, -0.15) is 10.4 Å². The van der Waals surface area contributed by atoms with Gasteiger partial charge in [-0.05, 0) is 25.5 Å². The fourth-order valence-electron chi connectivity index (χ4n) is 2.40. The third-order valence-electron chi connectivity index (χ3n) is 3.80. The van der Waals surface area contributed by atoms with Crippen LogP contribution in [0.5, 0.6) is 0 Å². The topological polar surface area (TPSA) is 111 Å². The SMILES string of the molecule is C/C(N)=C(\C#N)C(=O)COC(=O)/C=C/c1c(C)nn(Cc2ccccc2)c1Cl. The summed E-state index contributed by atoms with van der Waals surface area (Å²) in [5, 5.41) is 13.6. The minimum atomic E-state index is -0.744. The van der Waals surface area contributed by atoms with Gasteiger partial charge >= 0.3 is 5.97 Å². The van der Waals surface area contributed by atoms with Crippen molar-refractivity contribution in [2.45, 2.75) is 20.4 Å². The van der Waals surface area contributed by atoms with E-state index in [1.54, 1.807) is 17.7 Å². The summed E-state index contributed by atoms with van der Waals surface area (Å²) in [6.07, 6.45) is 2.63. The van der Waals surface area contributed by atoms with E-state index in [2.05, 4.69) is 5.10 Å². The van der Waals surface area contributed by atoms with Gasteiger partial charge < -0.3 is 10.5 Å². The van der Waals surface area contributed by atoms with Gasteiger partial charge in [-0.1, -0.05) is 41.9 Å². The Kier molecular flexibility index (Phi) is 7.13. The Morgan fingerprint density at radius 3 is 2.64 bits per heavy atom. The number of carbonyl (C=O) groups excluding carboxylic acids is 2. The van der Waals surface area contributed by atoms with Gasteiger partial charge in [-0.15, -0.1) is 0 Å². The maximum absolute atomic E-state index is 11.9. The van der Waals surface area contributed by atoms with Crippen molar-refractivity contribution in [3.05, 3.63) is 69.7 Å². The average Bonchev–Trinajstić information content (AvgIpc) is 2.92. The maximum atomic E-state index is 11.9. The molecule has 28 heavy (non-hydrogen) atoms. The predicted molar refractivity (Wildman–Crippen MR) is 105 cm³/mol. The number of nitrogens with zero attached hydrogens (tertiary/aromatic N) is 3. The Bertz CT molecular complexity index is 981. The smallest absolute Gasteiger partial charge is 0.331 e. The fraction of sp³-hybridized carbons (Fsp3) is 0.200. The zero-order valence-corrected chi connectivity index (χ0v) is 16.2. The Morgan fingerprint density at radius 2 is 2.04 bits per heavy atom. The number of esters is 1. The number of ether oxygens (including phenoxy) is 1. The summed E-state index contributed by atoms with van der Waals surface area (Å²) in [6, 6.07) is 11.4. The normalized spacial score (nSPS) is 11.8. The minimum absolute atomic E-state index is 0.0762. The van der Waals surface area contributed by atoms with Crippen molar-refractivity contribution >= 4 is 29.4 Å². The van der Waals surface area contributed by atoms with Crippen LogP contribution in [0.3, 0.4) is 0 Å². The van der Waals surface area contributed by atoms with Crippen molar-refractivity contribution in [3.8, 4) is 6.07 Å². The van der Waals surface area contributed by atoms with Crippen LogP contribution >= 0.6 is 11.6 Å². The van der Waals surface area contributed by atoms with Crippen LogP contribution in [0.2, 0.25) is 5.15 Å². The Hall–Kier alpha value is -3.37. The Balaban J connectivity index is 2.04. The number of Topliss-reactive ketones (excluding diaryl/α,β-unsaturated/α-hetero) is 1. The third-order valence-corrected chi connectivity index (χ3v) is 4.20. The number of hydrogen-bond acceptors (Lipinski definition) is 6. The molecule has 144 valence electrons. The summed E-state index contributed by atoms with van der Waals surface area (Å²) in [5.74, 6) is -1.40. The van der Waals surface area contributed by atoms with Crippen LogP contribution in [0.1, 0.15) is 23.7 Å². The molecule has 0 saturated heterocycles. The Morgan fingerprint density at radius 1 is 1.36 bits per heavy atom. The number of rotatable bonds is 7. The zero-order chi connectivity index (χ0) is 20.7. The number of allylic oxidation sites excluding steroid dienone is 1. The lowest BCUT2D eigenvalue weighted by atomic mass is 10.1. The van der Waals surface area contributed by atoms with E-state index in [0.717, 1.165) is 11.6 Å². The fourth-order valence-corrected chi connectivity index (χ4v) is 2.69. The number of nitriles is 1. The Labute approximate surface area is 167 Å². The molecule has 2 N–H and O–H groups in total. The number of hydrogen-bond donors (Lipinski definition) is 1. The molecule has 2 aromatic rings. The summed E-state index contributed by atoms with van der Waals surface area (Å²) in [6.45, 7) is 3.13. The molecule has 0 aliphatic carbocycles. The molecule has 0 unspecified atom stereocenters. The number of aryl methyl sites for hydroxylation is 1. The van der Waals surface area contributed by atoms with Crippen molar-refractivity contribution in [2.24, 2.45) is 5.73 Å². The second-order valence-corrected chi connectivity index (χ2v) is 6.33. The van der Waals surface area contributed by atoms with E-state index >= 15 is 0 Å². The van der Waals surface area contributed by atoms with Crippen molar-refractivity contribution in [3.63, 3.8) is 0 Å². The van der Waals surface area contributed by atoms with E-state index in [1.807, 2.05) is 30.3 Å². The molecule has 0 aliphatic rings. The number of carbonyl (C=O) groups is 2. The van der Waals surface area contributed by atoms with E-state index < -0.39 is 18.4 Å². The van der Waals surface area contributed by atoms with Gasteiger partial charge in [0.15, 0.2) is 6.61 Å². The highest BCUT2D eigenvalue weighted by Gasteiger charge is 2.14. The lowest BCUT2D eigenvalue weighted by Gasteiger charge is -2.03. The van der Waals surface area contributed by atoms with Crippen LogP contribution in [0.15, 0.2) is 47.7 Å². The molecule has 8 heteroatoms. The first-order chi connectivity index (χ1) is 13.3. The minimum Gasteiger partial charge on any atom is -0.454 e. The molecule has 0 bridgehead atoms. The molecule has 0 fully saturated rings. The summed E-state index contributed by atoms with van der Waals surface area (Å²) >= 11 is 6.37. The van der Waals surface area contributed by atoms with Gasteiger partial charge in [0.25, 0.3) is 0 Å². The van der Waals surface area contributed by atoms with E-state index in [0.29, 0.717) is 23.0 Å². The van der Waals surface area contributed by atoms with E-state index in [-0.39, 0.29) is 11.3 Å². The van der Waals surface area contributed by atoms with Crippen LogP contribution in [0, 0.1) is 18.3 Å². The largest absolute Gasteiger partial charge is 0.454 e. The summed E-state index contributed by atoms with van der Waals surface area (Å²) < 4.78 is 6.49. The van der Waals surface area contributed by atoms with E-state index in [1.165, 1.54) is 13.0 Å². The molecule has 0 saturated carbocycles. The quantitative estimate of drug-likeness (QED) is 0.436. The number of nitrogens with two attached hydrogens (primary N) is 1. The summed E-state index contributed by atoms with van der Waals surface area (Å²) in [5.41, 5.74) is 7.56. The molecular formula is C20H19ClN4O3. The highest BCUT2D eigenvalue weighted by molar-refractivity contribution is 6.31. The van der Waals surface area contributed by atoms with Gasteiger partial charge in [0.05, 0.1) is 12.2 Å². The molecule has 1 heterocycles. The molecule has 7 nitrogen and oxygen atoms in total. The monoisotopic (exact) mass is 398 g/mol. The van der Waals surface area contributed by atoms with Crippen molar-refractivity contribution < 1.29 is 14.3 Å². The van der Waals surface area contributed by atoms with Crippen LogP contribution < -0.4 is 5.73 Å². The second-order valence-electron chi connectivity index (χ2n) is 5.97. The molecule has 0 amide bonds. The van der Waals surface area contributed by atoms with Gasteiger partial charge in [0.1, 0.15) is 16.8 Å². The molecule has 2 rings (SSSR count). The summed E-state index contributed by atoms with van der Waals surface area (Å²) in [4.78, 5) is 23.6. The zero-order valence-electron chi connectivity index (χ0n) is 15.5. The maximum Gasteiger partial charge on any atom is 0.331 e. The van der Waals surface area contributed by atoms with Gasteiger partial charge in [0.2, 0.25) is 5.78 Å². The number of aromatic nitrogens is 2. The lowest BCUT2D eigenvalue weighted by molar-refractivity contribution is -0.141. The van der Waals surface area contributed by atoms with Crippen molar-refractivity contribution in [1.82, 2.24) is 9.78 Å². The molecule has 1 aromatic carbocycles. The first-order valence-corrected chi connectivity index (χ1v) is 8.72. The molecule has 1 aromatic heterocycles. The van der Waals surface area contributed by atoms with Gasteiger partial charge in [-0.25, -0.2) is 9.48 Å². The van der Waals surface area contributed by atoms with Crippen LogP contribution in [-0.4, -0.2) is 28.1 Å². The second kappa shape index (κ2) is 9.53. The first kappa shape index (κ1) is 20.9. The van der Waals surface area contributed by atoms with E-state index in [4.69, 9.17) is 27.3 Å². The van der Waals surface area contributed by atoms with Crippen molar-refractivity contribution in [2.75, 3.05) is 6.61 Å². The first-order valence-electron chi connectivity index (χ1n) is 8.34. The number of benzene rings is 1. The number of halogens is 1. The predicted octanol–water partition coefficient (Wildman–Crippen LogP) is 2.78. The number of ketones is 1. The van der Waals surface area contributed by atoms with Gasteiger partial charge in [-0.3, -0.25) is 4.79 Å². The van der Waals surface area contributed by atoms with Crippen LogP contribution in [0.4, 0.5) is 0 Å². The summed E-state index contributed by atoms with van der Waals surface area (Å²) in [7, 11) is 0. The standard InChI is InChI=1S/C20H19ClN4O3/c1-13(23)17(10-22)18(26)12-28-19(27)9-8-16-14(2)24-25(20(16)21)11-15-6-4-3-5-7-15/h3-9H,11-12,23H2,1-2H3/b9-8+,17-13-. The van der Waals surface area contributed by atoms with E-state index in [9.17, 15) is 9.59 Å². The average molecular weight is 399 g/mol. The van der Waals surface area contributed by atoms with Crippen molar-refractivity contribution in [1.29, 1.82) is 5.26 Å². The molecule has 0 aliphatic heterocycles. The highest BCUT2D eigenvalue weighted by Crippen LogP contribution is 2.22. The third kappa shape index (κ3) is 5.32. The molecule has 0 spiro atoms. The molecule has 0 radical (unpaired) electrons. The molecular weight excluding hydrogens is 380 g/mol.